The predicted molar refractivity (Wildman–Crippen MR) is 84.1 cm³/mol. The van der Waals surface area contributed by atoms with Gasteiger partial charge in [-0.05, 0) is 42.2 Å². The summed E-state index contributed by atoms with van der Waals surface area (Å²) in [7, 11) is 0. The SMILES string of the molecule is CC(C)CNCc1cc(-c2ccc(Cl)c(Cl)c2)ns1. The molecular formula is C14H16Cl2N2S. The highest BCUT2D eigenvalue weighted by molar-refractivity contribution is 7.06. The lowest BCUT2D eigenvalue weighted by Gasteiger charge is -2.04. The second-order valence-corrected chi connectivity index (χ2v) is 6.54. The maximum atomic E-state index is 6.02. The van der Waals surface area contributed by atoms with Crippen molar-refractivity contribution in [2.75, 3.05) is 6.54 Å². The first-order valence-corrected chi connectivity index (χ1v) is 7.71. The van der Waals surface area contributed by atoms with Crippen LogP contribution < -0.4 is 5.32 Å². The predicted octanol–water partition coefficient (Wildman–Crippen LogP) is 4.86. The summed E-state index contributed by atoms with van der Waals surface area (Å²) in [5.74, 6) is 0.655. The van der Waals surface area contributed by atoms with E-state index in [0.717, 1.165) is 24.3 Å². The van der Waals surface area contributed by atoms with Gasteiger partial charge in [0.2, 0.25) is 0 Å². The molecule has 102 valence electrons. The fourth-order valence-electron chi connectivity index (χ4n) is 1.67. The molecule has 0 atom stereocenters. The van der Waals surface area contributed by atoms with Crippen molar-refractivity contribution >= 4 is 34.7 Å². The zero-order chi connectivity index (χ0) is 13.8. The highest BCUT2D eigenvalue weighted by Crippen LogP contribution is 2.29. The van der Waals surface area contributed by atoms with Gasteiger partial charge in [-0.15, -0.1) is 0 Å². The van der Waals surface area contributed by atoms with Crippen molar-refractivity contribution in [3.8, 4) is 11.3 Å². The van der Waals surface area contributed by atoms with E-state index in [1.54, 1.807) is 6.07 Å². The number of benzene rings is 1. The summed E-state index contributed by atoms with van der Waals surface area (Å²) in [6, 6.07) is 7.69. The highest BCUT2D eigenvalue weighted by Gasteiger charge is 2.07. The van der Waals surface area contributed by atoms with Crippen molar-refractivity contribution in [3.05, 3.63) is 39.2 Å². The van der Waals surface area contributed by atoms with Gasteiger partial charge in [0, 0.05) is 17.0 Å². The lowest BCUT2D eigenvalue weighted by atomic mass is 10.1. The molecule has 0 amide bonds. The Labute approximate surface area is 127 Å². The molecule has 0 fully saturated rings. The van der Waals surface area contributed by atoms with Gasteiger partial charge < -0.3 is 5.32 Å². The first-order valence-electron chi connectivity index (χ1n) is 6.18. The van der Waals surface area contributed by atoms with Crippen LogP contribution in [0.4, 0.5) is 0 Å². The van der Waals surface area contributed by atoms with Crippen molar-refractivity contribution < 1.29 is 0 Å². The summed E-state index contributed by atoms with van der Waals surface area (Å²) in [5, 5.41) is 4.54. The van der Waals surface area contributed by atoms with Gasteiger partial charge in [-0.3, -0.25) is 0 Å². The zero-order valence-electron chi connectivity index (χ0n) is 10.9. The first-order chi connectivity index (χ1) is 9.06. The molecule has 19 heavy (non-hydrogen) atoms. The molecule has 2 rings (SSSR count). The minimum absolute atomic E-state index is 0.562. The smallest absolute Gasteiger partial charge is 0.0844 e. The molecule has 5 heteroatoms. The average molecular weight is 315 g/mol. The number of nitrogens with zero attached hydrogens (tertiary/aromatic N) is 1. The standard InChI is InChI=1S/C14H16Cl2N2S/c1-9(2)7-17-8-11-6-14(18-19-11)10-3-4-12(15)13(16)5-10/h3-6,9,17H,7-8H2,1-2H3. The molecule has 0 spiro atoms. The number of rotatable bonds is 5. The molecule has 0 radical (unpaired) electrons. The molecule has 0 aliphatic heterocycles. The van der Waals surface area contributed by atoms with Gasteiger partial charge in [0.15, 0.2) is 0 Å². The highest BCUT2D eigenvalue weighted by atomic mass is 35.5. The second-order valence-electron chi connectivity index (χ2n) is 4.83. The van der Waals surface area contributed by atoms with Crippen molar-refractivity contribution in [1.82, 2.24) is 9.69 Å². The topological polar surface area (TPSA) is 24.9 Å². The van der Waals surface area contributed by atoms with E-state index in [2.05, 4.69) is 29.6 Å². The maximum Gasteiger partial charge on any atom is 0.0844 e. The van der Waals surface area contributed by atoms with Crippen LogP contribution in [0.1, 0.15) is 18.7 Å². The van der Waals surface area contributed by atoms with Crippen LogP contribution in [0.2, 0.25) is 10.0 Å². The van der Waals surface area contributed by atoms with Gasteiger partial charge in [-0.2, -0.15) is 4.37 Å². The average Bonchev–Trinajstić information content (AvgIpc) is 2.81. The van der Waals surface area contributed by atoms with Crippen LogP contribution in [0.5, 0.6) is 0 Å². The third-order valence-electron chi connectivity index (χ3n) is 2.63. The van der Waals surface area contributed by atoms with Crippen LogP contribution in [-0.4, -0.2) is 10.9 Å². The van der Waals surface area contributed by atoms with Gasteiger partial charge in [-0.25, -0.2) is 0 Å². The lowest BCUT2D eigenvalue weighted by molar-refractivity contribution is 0.555. The van der Waals surface area contributed by atoms with Gasteiger partial charge in [-0.1, -0.05) is 43.1 Å². The fourth-order valence-corrected chi connectivity index (χ4v) is 2.67. The van der Waals surface area contributed by atoms with Crippen LogP contribution in [0.15, 0.2) is 24.3 Å². The van der Waals surface area contributed by atoms with E-state index in [-0.39, 0.29) is 0 Å². The molecular weight excluding hydrogens is 299 g/mol. The Morgan fingerprint density at radius 3 is 2.68 bits per heavy atom. The van der Waals surface area contributed by atoms with E-state index in [1.165, 1.54) is 16.4 Å². The quantitative estimate of drug-likeness (QED) is 0.852. The number of hydrogen-bond donors (Lipinski definition) is 1. The fraction of sp³-hybridized carbons (Fsp3) is 0.357. The molecule has 2 nitrogen and oxygen atoms in total. The van der Waals surface area contributed by atoms with Crippen molar-refractivity contribution in [3.63, 3.8) is 0 Å². The van der Waals surface area contributed by atoms with E-state index >= 15 is 0 Å². The number of halogens is 2. The lowest BCUT2D eigenvalue weighted by Crippen LogP contribution is -2.18. The van der Waals surface area contributed by atoms with Gasteiger partial charge in [0.05, 0.1) is 15.7 Å². The third kappa shape index (κ3) is 4.18. The Kier molecular flexibility index (Phi) is 5.22. The first kappa shape index (κ1) is 14.8. The Morgan fingerprint density at radius 2 is 2.00 bits per heavy atom. The molecule has 0 saturated carbocycles. The Bertz CT molecular complexity index is 552. The van der Waals surface area contributed by atoms with Crippen molar-refractivity contribution in [1.29, 1.82) is 0 Å². The zero-order valence-corrected chi connectivity index (χ0v) is 13.2. The normalized spacial score (nSPS) is 11.2. The summed E-state index contributed by atoms with van der Waals surface area (Å²) in [6.45, 7) is 6.26. The van der Waals surface area contributed by atoms with Gasteiger partial charge in [0.1, 0.15) is 0 Å². The molecule has 0 aliphatic rings. The largest absolute Gasteiger partial charge is 0.312 e. The maximum absolute atomic E-state index is 6.02. The number of hydrogen-bond acceptors (Lipinski definition) is 3. The Morgan fingerprint density at radius 1 is 1.21 bits per heavy atom. The van der Waals surface area contributed by atoms with Crippen LogP contribution in [-0.2, 0) is 6.54 Å². The van der Waals surface area contributed by atoms with E-state index in [4.69, 9.17) is 23.2 Å². The monoisotopic (exact) mass is 314 g/mol. The van der Waals surface area contributed by atoms with Crippen molar-refractivity contribution in [2.24, 2.45) is 5.92 Å². The summed E-state index contributed by atoms with van der Waals surface area (Å²) in [6.07, 6.45) is 0. The summed E-state index contributed by atoms with van der Waals surface area (Å²) < 4.78 is 4.45. The minimum atomic E-state index is 0.562. The van der Waals surface area contributed by atoms with E-state index < -0.39 is 0 Å². The molecule has 1 aromatic heterocycles. The van der Waals surface area contributed by atoms with E-state index in [9.17, 15) is 0 Å². The molecule has 0 unspecified atom stereocenters. The Balaban J connectivity index is 2.05. The van der Waals surface area contributed by atoms with Crippen LogP contribution in [0.3, 0.4) is 0 Å². The molecule has 1 heterocycles. The van der Waals surface area contributed by atoms with E-state index in [0.29, 0.717) is 16.0 Å². The number of aromatic nitrogens is 1. The van der Waals surface area contributed by atoms with Crippen LogP contribution in [0.25, 0.3) is 11.3 Å². The molecule has 0 aliphatic carbocycles. The molecule has 1 N–H and O–H groups in total. The third-order valence-corrected chi connectivity index (χ3v) is 4.15. The van der Waals surface area contributed by atoms with Gasteiger partial charge in [0.25, 0.3) is 0 Å². The summed E-state index contributed by atoms with van der Waals surface area (Å²) in [4.78, 5) is 1.22. The van der Waals surface area contributed by atoms with Gasteiger partial charge >= 0.3 is 0 Å². The Hall–Kier alpha value is -0.610. The van der Waals surface area contributed by atoms with Crippen LogP contribution in [0, 0.1) is 5.92 Å². The molecule has 2 aromatic rings. The second kappa shape index (κ2) is 6.71. The molecule has 0 bridgehead atoms. The van der Waals surface area contributed by atoms with Crippen LogP contribution >= 0.6 is 34.7 Å². The molecule has 0 saturated heterocycles. The summed E-state index contributed by atoms with van der Waals surface area (Å²) >= 11 is 13.4. The summed E-state index contributed by atoms with van der Waals surface area (Å²) in [5.41, 5.74) is 1.95. The molecule has 1 aromatic carbocycles. The number of nitrogens with one attached hydrogen (secondary N) is 1. The minimum Gasteiger partial charge on any atom is -0.312 e. The van der Waals surface area contributed by atoms with E-state index in [1.807, 2.05) is 12.1 Å². The van der Waals surface area contributed by atoms with Crippen molar-refractivity contribution in [2.45, 2.75) is 20.4 Å².